The molecule has 2 heterocycles. The Balaban J connectivity index is 0.981. The zero-order valence-corrected chi connectivity index (χ0v) is 34.7. The maximum atomic E-state index is 7.17. The molecule has 1 spiro atoms. The predicted octanol–water partition coefficient (Wildman–Crippen LogP) is 13.6. The van der Waals surface area contributed by atoms with Gasteiger partial charge in [-0.25, -0.2) is 0 Å². The van der Waals surface area contributed by atoms with Crippen LogP contribution in [0.2, 0.25) is 0 Å². The molecule has 2 aliphatic heterocycles. The average molecular weight is 779 g/mol. The Kier molecular flexibility index (Phi) is 9.14. The van der Waals surface area contributed by atoms with Gasteiger partial charge in [-0.1, -0.05) is 157 Å². The van der Waals surface area contributed by atoms with Gasteiger partial charge in [-0.05, 0) is 139 Å². The molecular weight excluding hydrogens is 721 g/mol. The maximum Gasteiger partial charge on any atom is 0.0794 e. The average Bonchev–Trinajstić information content (AvgIpc) is 3.82. The van der Waals surface area contributed by atoms with Gasteiger partial charge in [-0.2, -0.15) is 0 Å². The van der Waals surface area contributed by atoms with Crippen LogP contribution in [-0.2, 0) is 4.74 Å². The van der Waals surface area contributed by atoms with Gasteiger partial charge in [0, 0.05) is 28.3 Å². The molecule has 3 fully saturated rings. The molecule has 0 aromatic heterocycles. The lowest BCUT2D eigenvalue weighted by molar-refractivity contribution is -0.185. The number of hydrogen-bond acceptors (Lipinski definition) is 2. The molecule has 0 bridgehead atoms. The van der Waals surface area contributed by atoms with E-state index in [0.29, 0.717) is 63.9 Å². The molecule has 1 nitrogen and oxygen atoms in total. The third-order valence-corrected chi connectivity index (χ3v) is 18.5. The Bertz CT molecular complexity index is 2270. The first-order valence-corrected chi connectivity index (χ1v) is 24.0. The molecule has 1 aromatic carbocycles. The molecule has 11 aliphatic rings. The summed E-state index contributed by atoms with van der Waals surface area (Å²) in [7, 11) is 0. The van der Waals surface area contributed by atoms with Crippen LogP contribution in [0.3, 0.4) is 0 Å². The van der Waals surface area contributed by atoms with E-state index in [1.165, 1.54) is 44.1 Å². The van der Waals surface area contributed by atoms with Crippen LogP contribution >= 0.6 is 11.8 Å². The quantitative estimate of drug-likeness (QED) is 0.275. The van der Waals surface area contributed by atoms with Crippen LogP contribution < -0.4 is 0 Å². The van der Waals surface area contributed by atoms with Crippen LogP contribution in [-0.4, -0.2) is 22.7 Å². The summed E-state index contributed by atoms with van der Waals surface area (Å²) >= 11 is 2.23. The summed E-state index contributed by atoms with van der Waals surface area (Å²) in [5.74, 6) is 4.03. The second-order valence-corrected chi connectivity index (χ2v) is 20.5. The first-order valence-electron chi connectivity index (χ1n) is 23.1. The fraction of sp³-hybridized carbons (Fsp3) is 0.429. The monoisotopic (exact) mass is 778 g/mol. The summed E-state index contributed by atoms with van der Waals surface area (Å²) < 4.78 is 7.17. The highest BCUT2D eigenvalue weighted by Gasteiger charge is 2.69. The predicted molar refractivity (Wildman–Crippen MR) is 243 cm³/mol. The lowest BCUT2D eigenvalue weighted by Crippen LogP contribution is -2.59. The number of ether oxygens (including phenoxy) is 1. The molecule has 13 unspecified atom stereocenters. The van der Waals surface area contributed by atoms with E-state index in [0.717, 1.165) is 32.1 Å². The molecule has 2 saturated heterocycles. The standard InChI is InChI=1S/C56H58OS/c1-2-14-36(15-3-1)37-28-30-39(31-29-37)41(34-32-40-17-12-21-45-43-19-6-11-27-52(43)58-55(40)45)44-20-13-24-48-54(44)53-42-18-5-4-16-38(42)33-35-49(53)56(48)46-22-7-9-25-50(46)57-51-26-10-8-23-47(51)56/h1-2,4-7,10-14,16-22,24,26-28,33,35,43,45-55H,3,8-9,15,23,25,29-32,34H2/b41-39-. The molecule has 1 aromatic rings. The van der Waals surface area contributed by atoms with Crippen molar-refractivity contribution in [1.82, 2.24) is 0 Å². The van der Waals surface area contributed by atoms with Crippen LogP contribution in [0, 0.1) is 46.8 Å². The first kappa shape index (κ1) is 36.0. The summed E-state index contributed by atoms with van der Waals surface area (Å²) in [6.07, 6.45) is 63.2. The van der Waals surface area contributed by atoms with Gasteiger partial charge >= 0.3 is 0 Å². The van der Waals surface area contributed by atoms with Gasteiger partial charge in [0.15, 0.2) is 0 Å². The summed E-state index contributed by atoms with van der Waals surface area (Å²) in [5, 5.41) is 1.18. The minimum Gasteiger partial charge on any atom is -0.370 e. The minimum absolute atomic E-state index is 0.114. The van der Waals surface area contributed by atoms with Crippen molar-refractivity contribution < 1.29 is 4.74 Å². The highest BCUT2D eigenvalue weighted by molar-refractivity contribution is 8.01. The summed E-state index contributed by atoms with van der Waals surface area (Å²) in [4.78, 5) is 0. The van der Waals surface area contributed by atoms with Crippen molar-refractivity contribution in [3.8, 4) is 0 Å². The van der Waals surface area contributed by atoms with Crippen molar-refractivity contribution >= 4 is 17.8 Å². The summed E-state index contributed by atoms with van der Waals surface area (Å²) in [6.45, 7) is 0. The van der Waals surface area contributed by atoms with Crippen LogP contribution in [0.25, 0.3) is 6.08 Å². The Morgan fingerprint density at radius 1 is 0.707 bits per heavy atom. The van der Waals surface area contributed by atoms with Gasteiger partial charge in [-0.3, -0.25) is 0 Å². The van der Waals surface area contributed by atoms with Gasteiger partial charge in [-0.15, -0.1) is 11.8 Å². The van der Waals surface area contributed by atoms with Crippen molar-refractivity contribution in [1.29, 1.82) is 0 Å². The molecule has 9 aliphatic carbocycles. The normalized spacial score (nSPS) is 41.7. The van der Waals surface area contributed by atoms with Crippen LogP contribution in [0.5, 0.6) is 0 Å². The highest BCUT2D eigenvalue weighted by atomic mass is 32.2. The molecule has 0 radical (unpaired) electrons. The van der Waals surface area contributed by atoms with E-state index in [1.807, 2.05) is 0 Å². The third kappa shape index (κ3) is 5.60. The SMILES string of the molecule is C1=CCCC(C2=CC/C(=C(\CCC3=CC=CC4C3SC3C=CC=CC34)C3=CC=CC4C3C3c5ccccc5C=CC3C43C4C=CCCC4OC4C=CCCC43)CC2)=C1. The van der Waals surface area contributed by atoms with Gasteiger partial charge in [0.1, 0.15) is 0 Å². The van der Waals surface area contributed by atoms with Crippen molar-refractivity contribution in [2.45, 2.75) is 99.3 Å². The molecule has 13 atom stereocenters. The van der Waals surface area contributed by atoms with Crippen LogP contribution in [0.4, 0.5) is 0 Å². The van der Waals surface area contributed by atoms with E-state index < -0.39 is 0 Å². The van der Waals surface area contributed by atoms with Crippen molar-refractivity contribution in [3.63, 3.8) is 0 Å². The lowest BCUT2D eigenvalue weighted by atomic mass is 9.49. The number of rotatable bonds is 5. The second kappa shape index (κ2) is 14.7. The molecule has 12 rings (SSSR count). The van der Waals surface area contributed by atoms with E-state index in [1.54, 1.807) is 39.0 Å². The van der Waals surface area contributed by atoms with Gasteiger partial charge in [0.05, 0.1) is 12.2 Å². The molecule has 2 heteroatoms. The molecular formula is C56H58OS. The van der Waals surface area contributed by atoms with E-state index in [4.69, 9.17) is 4.74 Å². The van der Waals surface area contributed by atoms with E-state index >= 15 is 0 Å². The number of benzene rings is 1. The van der Waals surface area contributed by atoms with Gasteiger partial charge in [0.2, 0.25) is 0 Å². The third-order valence-electron chi connectivity index (χ3n) is 16.8. The second-order valence-electron chi connectivity index (χ2n) is 19.1. The van der Waals surface area contributed by atoms with E-state index in [9.17, 15) is 0 Å². The number of fused-ring (bicyclic) bond motifs is 14. The molecule has 0 N–H and O–H groups in total. The molecule has 0 amide bonds. The molecule has 294 valence electrons. The fourth-order valence-electron chi connectivity index (χ4n) is 14.5. The number of allylic oxidation sites excluding steroid dienone is 21. The summed E-state index contributed by atoms with van der Waals surface area (Å²) in [6, 6.07) is 9.51. The zero-order chi connectivity index (χ0) is 38.2. The fourth-order valence-corrected chi connectivity index (χ4v) is 16.3. The Morgan fingerprint density at radius 3 is 2.52 bits per heavy atom. The number of thioether (sulfide) groups is 1. The van der Waals surface area contributed by atoms with Crippen LogP contribution in [0.15, 0.2) is 173 Å². The Hall–Kier alpha value is -3.85. The molecule has 1 saturated carbocycles. The Morgan fingerprint density at radius 2 is 1.59 bits per heavy atom. The lowest BCUT2D eigenvalue weighted by Gasteiger charge is -2.60. The first-order chi connectivity index (χ1) is 28.8. The van der Waals surface area contributed by atoms with E-state index in [2.05, 4.69) is 158 Å². The van der Waals surface area contributed by atoms with Gasteiger partial charge in [0.25, 0.3) is 0 Å². The number of hydrogen-bond donors (Lipinski definition) is 0. The summed E-state index contributed by atoms with van der Waals surface area (Å²) in [5.41, 5.74) is 13.1. The van der Waals surface area contributed by atoms with Crippen molar-refractivity contribution in [2.24, 2.45) is 46.8 Å². The molecule has 58 heavy (non-hydrogen) atoms. The highest BCUT2D eigenvalue weighted by Crippen LogP contribution is 2.73. The van der Waals surface area contributed by atoms with Crippen molar-refractivity contribution in [2.75, 3.05) is 0 Å². The van der Waals surface area contributed by atoms with Gasteiger partial charge < -0.3 is 4.74 Å². The smallest absolute Gasteiger partial charge is 0.0794 e. The van der Waals surface area contributed by atoms with Crippen molar-refractivity contribution in [3.05, 3.63) is 184 Å². The zero-order valence-electron chi connectivity index (χ0n) is 33.9. The minimum atomic E-state index is 0.114. The van der Waals surface area contributed by atoms with E-state index in [-0.39, 0.29) is 11.5 Å². The maximum absolute atomic E-state index is 7.17. The largest absolute Gasteiger partial charge is 0.370 e. The topological polar surface area (TPSA) is 9.23 Å². The van der Waals surface area contributed by atoms with Crippen LogP contribution in [0.1, 0.15) is 87.7 Å². The Labute approximate surface area is 351 Å².